The zero-order chi connectivity index (χ0) is 14.3. The Morgan fingerprint density at radius 3 is 2.42 bits per heavy atom. The van der Waals surface area contributed by atoms with Gasteiger partial charge in [-0.25, -0.2) is 13.4 Å². The van der Waals surface area contributed by atoms with E-state index in [1.165, 1.54) is 18.2 Å². The van der Waals surface area contributed by atoms with E-state index in [0.29, 0.717) is 0 Å². The minimum Gasteiger partial charge on any atom is -0.439 e. The van der Waals surface area contributed by atoms with Crippen molar-refractivity contribution in [2.75, 3.05) is 0 Å². The number of carbonyl (C=O) groups is 1. The number of nitrogens with zero attached hydrogens (tertiary/aromatic N) is 1. The fourth-order valence-electron chi connectivity index (χ4n) is 1.42. The number of alkyl halides is 3. The number of hydrogen-bond acceptors (Lipinski definition) is 5. The largest absolute Gasteiger partial charge is 0.498 e. The molecule has 1 unspecified atom stereocenters. The monoisotopic (exact) mass is 293 g/mol. The van der Waals surface area contributed by atoms with E-state index in [2.05, 4.69) is 4.98 Å². The molecule has 9 heteroatoms. The van der Waals surface area contributed by atoms with Crippen molar-refractivity contribution in [1.29, 1.82) is 0 Å². The van der Waals surface area contributed by atoms with Gasteiger partial charge in [0.1, 0.15) is 11.8 Å². The second-order valence-corrected chi connectivity index (χ2v) is 5.63. The van der Waals surface area contributed by atoms with Crippen LogP contribution in [0, 0.1) is 0 Å². The third-order valence-corrected chi connectivity index (χ3v) is 3.96. The molecule has 5 nitrogen and oxygen atoms in total. The summed E-state index contributed by atoms with van der Waals surface area (Å²) in [5.41, 5.74) is -5.29. The SMILES string of the molecule is O=CC(c1nc2ccccc2o1)S(=O)(=O)C(F)(F)F. The van der Waals surface area contributed by atoms with E-state index in [4.69, 9.17) is 4.42 Å². The molecule has 1 heterocycles. The molecule has 0 aliphatic rings. The second kappa shape index (κ2) is 4.34. The summed E-state index contributed by atoms with van der Waals surface area (Å²) in [6.45, 7) is 0. The summed E-state index contributed by atoms with van der Waals surface area (Å²) in [4.78, 5) is 14.3. The molecule has 19 heavy (non-hydrogen) atoms. The lowest BCUT2D eigenvalue weighted by atomic mass is 10.3. The quantitative estimate of drug-likeness (QED) is 0.809. The van der Waals surface area contributed by atoms with E-state index in [9.17, 15) is 26.4 Å². The molecule has 0 amide bonds. The molecule has 0 radical (unpaired) electrons. The summed E-state index contributed by atoms with van der Waals surface area (Å²) in [6, 6.07) is 5.90. The summed E-state index contributed by atoms with van der Waals surface area (Å²) in [5, 5.41) is -2.50. The summed E-state index contributed by atoms with van der Waals surface area (Å²) >= 11 is 0. The van der Waals surface area contributed by atoms with E-state index < -0.39 is 26.5 Å². The molecular formula is C10H6F3NO4S. The number of halogens is 3. The molecule has 1 aromatic carbocycles. The van der Waals surface area contributed by atoms with Gasteiger partial charge in [0.2, 0.25) is 11.1 Å². The molecule has 2 rings (SSSR count). The molecular weight excluding hydrogens is 287 g/mol. The Morgan fingerprint density at radius 1 is 1.26 bits per heavy atom. The predicted octanol–water partition coefficient (Wildman–Crippen LogP) is 2.00. The van der Waals surface area contributed by atoms with Crippen LogP contribution in [0.2, 0.25) is 0 Å². The number of aromatic nitrogens is 1. The van der Waals surface area contributed by atoms with Crippen LogP contribution in [0.25, 0.3) is 11.1 Å². The van der Waals surface area contributed by atoms with Crippen molar-refractivity contribution in [2.24, 2.45) is 0 Å². The summed E-state index contributed by atoms with van der Waals surface area (Å²) in [5.74, 6) is -0.798. The molecule has 1 aromatic heterocycles. The Labute approximate surface area is 105 Å². The van der Waals surface area contributed by atoms with Crippen LogP contribution in [0.5, 0.6) is 0 Å². The molecule has 0 saturated heterocycles. The van der Waals surface area contributed by atoms with E-state index in [1.54, 1.807) is 6.07 Å². The third-order valence-electron chi connectivity index (χ3n) is 2.33. The maximum Gasteiger partial charge on any atom is 0.498 e. The molecule has 0 saturated carbocycles. The van der Waals surface area contributed by atoms with Gasteiger partial charge in [-0.2, -0.15) is 13.2 Å². The number of fused-ring (bicyclic) bond motifs is 1. The first-order valence-corrected chi connectivity index (χ1v) is 6.43. The average Bonchev–Trinajstić information content (AvgIpc) is 2.71. The highest BCUT2D eigenvalue weighted by Gasteiger charge is 2.53. The Morgan fingerprint density at radius 2 is 1.89 bits per heavy atom. The maximum atomic E-state index is 12.4. The first kappa shape index (κ1) is 13.5. The highest BCUT2D eigenvalue weighted by molar-refractivity contribution is 7.93. The Hall–Kier alpha value is -1.90. The number of benzene rings is 1. The zero-order valence-corrected chi connectivity index (χ0v) is 9.90. The van der Waals surface area contributed by atoms with Gasteiger partial charge in [-0.3, -0.25) is 0 Å². The van der Waals surface area contributed by atoms with E-state index in [0.717, 1.165) is 0 Å². The van der Waals surface area contributed by atoms with Gasteiger partial charge in [0.05, 0.1) is 0 Å². The van der Waals surface area contributed by atoms with Crippen LogP contribution in [-0.4, -0.2) is 25.2 Å². The van der Waals surface area contributed by atoms with Crippen molar-refractivity contribution >= 4 is 27.2 Å². The minimum absolute atomic E-state index is 0.0988. The highest BCUT2D eigenvalue weighted by Crippen LogP contribution is 2.35. The van der Waals surface area contributed by atoms with Crippen LogP contribution in [-0.2, 0) is 14.6 Å². The zero-order valence-electron chi connectivity index (χ0n) is 9.09. The third kappa shape index (κ3) is 2.21. The molecule has 102 valence electrons. The van der Waals surface area contributed by atoms with Crippen molar-refractivity contribution in [2.45, 2.75) is 10.8 Å². The van der Waals surface area contributed by atoms with Gasteiger partial charge in [0.25, 0.3) is 9.84 Å². The van der Waals surface area contributed by atoms with Crippen molar-refractivity contribution in [3.05, 3.63) is 30.2 Å². The second-order valence-electron chi connectivity index (χ2n) is 3.57. The molecule has 0 bridgehead atoms. The Kier molecular flexibility index (Phi) is 3.09. The van der Waals surface area contributed by atoms with Crippen LogP contribution < -0.4 is 0 Å². The smallest absolute Gasteiger partial charge is 0.439 e. The Balaban J connectivity index is 2.57. The van der Waals surface area contributed by atoms with Gasteiger partial charge < -0.3 is 9.21 Å². The van der Waals surface area contributed by atoms with Gasteiger partial charge in [0, 0.05) is 0 Å². The number of hydrogen-bond donors (Lipinski definition) is 0. The fraction of sp³-hybridized carbons (Fsp3) is 0.200. The van der Waals surface area contributed by atoms with Crippen LogP contribution in [0.15, 0.2) is 28.7 Å². The van der Waals surface area contributed by atoms with Crippen LogP contribution in [0.1, 0.15) is 11.1 Å². The number of aldehydes is 1. The summed E-state index contributed by atoms with van der Waals surface area (Å²) < 4.78 is 64.5. The lowest BCUT2D eigenvalue weighted by molar-refractivity contribution is -0.108. The van der Waals surface area contributed by atoms with Crippen molar-refractivity contribution in [1.82, 2.24) is 4.98 Å². The van der Waals surface area contributed by atoms with Crippen LogP contribution in [0.3, 0.4) is 0 Å². The molecule has 0 fully saturated rings. The molecule has 0 spiro atoms. The summed E-state index contributed by atoms with van der Waals surface area (Å²) in [7, 11) is -5.71. The van der Waals surface area contributed by atoms with E-state index >= 15 is 0 Å². The lowest BCUT2D eigenvalue weighted by Gasteiger charge is -2.10. The first-order chi connectivity index (χ1) is 8.77. The van der Waals surface area contributed by atoms with Gasteiger partial charge in [0.15, 0.2) is 5.58 Å². The van der Waals surface area contributed by atoms with Gasteiger partial charge in [-0.05, 0) is 12.1 Å². The van der Waals surface area contributed by atoms with Crippen LogP contribution in [0.4, 0.5) is 13.2 Å². The average molecular weight is 293 g/mol. The lowest BCUT2D eigenvalue weighted by Crippen LogP contribution is -2.30. The number of carbonyl (C=O) groups excluding carboxylic acids is 1. The summed E-state index contributed by atoms with van der Waals surface area (Å²) in [6.07, 6.45) is -0.354. The van der Waals surface area contributed by atoms with E-state index in [1.807, 2.05) is 0 Å². The molecule has 0 aliphatic carbocycles. The van der Waals surface area contributed by atoms with E-state index in [-0.39, 0.29) is 17.4 Å². The fourth-order valence-corrected chi connectivity index (χ4v) is 2.22. The molecule has 0 aliphatic heterocycles. The highest BCUT2D eigenvalue weighted by atomic mass is 32.2. The standard InChI is InChI=1S/C10H6F3NO4S/c11-10(12,13)19(16,17)8(5-15)9-14-6-3-1-2-4-7(6)18-9/h1-5,8H. The number of rotatable bonds is 3. The maximum absolute atomic E-state index is 12.4. The first-order valence-electron chi connectivity index (χ1n) is 4.88. The van der Waals surface area contributed by atoms with Crippen molar-refractivity contribution in [3.8, 4) is 0 Å². The molecule has 2 aromatic rings. The molecule has 1 atom stereocenters. The number of para-hydroxylation sites is 2. The molecule has 0 N–H and O–H groups in total. The van der Waals surface area contributed by atoms with Gasteiger partial charge >= 0.3 is 5.51 Å². The number of sulfone groups is 1. The van der Waals surface area contributed by atoms with Crippen LogP contribution >= 0.6 is 0 Å². The normalized spacial score (nSPS) is 14.5. The van der Waals surface area contributed by atoms with Gasteiger partial charge in [-0.15, -0.1) is 0 Å². The minimum atomic E-state index is -5.71. The van der Waals surface area contributed by atoms with Crippen molar-refractivity contribution < 1.29 is 30.8 Å². The predicted molar refractivity (Wildman–Crippen MR) is 57.8 cm³/mol. The topological polar surface area (TPSA) is 77.2 Å². The number of oxazole rings is 1. The van der Waals surface area contributed by atoms with Gasteiger partial charge in [-0.1, -0.05) is 12.1 Å². The Bertz CT molecular complexity index is 687. The van der Waals surface area contributed by atoms with Crippen molar-refractivity contribution in [3.63, 3.8) is 0 Å².